The lowest BCUT2D eigenvalue weighted by atomic mass is 9.73. The van der Waals surface area contributed by atoms with Crippen LogP contribution in [0.3, 0.4) is 0 Å². The van der Waals surface area contributed by atoms with E-state index in [2.05, 4.69) is 27.8 Å². The highest BCUT2D eigenvalue weighted by atomic mass is 19.4. The van der Waals surface area contributed by atoms with Gasteiger partial charge in [0.1, 0.15) is 5.69 Å². The molecule has 3 aromatic heterocycles. The van der Waals surface area contributed by atoms with Crippen LogP contribution in [0.2, 0.25) is 0 Å². The number of halogens is 3. The Kier molecular flexibility index (Phi) is 7.62. The van der Waals surface area contributed by atoms with Crippen molar-refractivity contribution in [2.24, 2.45) is 23.2 Å². The van der Waals surface area contributed by atoms with Crippen molar-refractivity contribution in [3.8, 4) is 0 Å². The van der Waals surface area contributed by atoms with Gasteiger partial charge in [0.15, 0.2) is 5.65 Å². The Morgan fingerprint density at radius 1 is 1.23 bits per heavy atom. The lowest BCUT2D eigenvalue weighted by Crippen LogP contribution is -2.52. The Hall–Kier alpha value is -3.44. The van der Waals surface area contributed by atoms with E-state index in [1.165, 1.54) is 0 Å². The Morgan fingerprint density at radius 2 is 1.98 bits per heavy atom. The number of carbonyl (C=O) groups is 2. The lowest BCUT2D eigenvalue weighted by Gasteiger charge is -2.37. The molecule has 1 aliphatic heterocycles. The fourth-order valence-electron chi connectivity index (χ4n) is 6.15. The number of nitrogens with zero attached hydrogens (tertiary/aromatic N) is 5. The van der Waals surface area contributed by atoms with Crippen molar-refractivity contribution in [3.63, 3.8) is 0 Å². The number of amides is 2. The van der Waals surface area contributed by atoms with Crippen molar-refractivity contribution in [2.75, 3.05) is 6.54 Å². The predicted octanol–water partition coefficient (Wildman–Crippen LogP) is 4.49. The van der Waals surface area contributed by atoms with E-state index >= 15 is 0 Å². The van der Waals surface area contributed by atoms with Crippen LogP contribution in [0.5, 0.6) is 0 Å². The van der Waals surface area contributed by atoms with Crippen LogP contribution in [-0.2, 0) is 17.8 Å². The Bertz CT molecular complexity index is 1380. The summed E-state index contributed by atoms with van der Waals surface area (Å²) >= 11 is 0. The molecule has 1 aliphatic carbocycles. The number of fused-ring (bicyclic) bond motifs is 1. The van der Waals surface area contributed by atoms with E-state index in [4.69, 9.17) is 4.98 Å². The van der Waals surface area contributed by atoms with Crippen molar-refractivity contribution >= 4 is 17.5 Å². The SMILES string of the molecule is CCn1nccc1C(=O)N[C@H](c1cn2nc(CC3(C)C[C@@H](C(F)(F)F)CNC3=O)ccc2n1)C1CCC(C)CC1. The van der Waals surface area contributed by atoms with Crippen molar-refractivity contribution in [2.45, 2.75) is 78.1 Å². The topological polar surface area (TPSA) is 106 Å². The number of hydrogen-bond donors (Lipinski definition) is 2. The summed E-state index contributed by atoms with van der Waals surface area (Å²) in [4.78, 5) is 30.7. The van der Waals surface area contributed by atoms with Crippen molar-refractivity contribution in [3.05, 3.63) is 47.7 Å². The van der Waals surface area contributed by atoms with Crippen LogP contribution in [-0.4, -0.2) is 48.9 Å². The second kappa shape index (κ2) is 10.9. The average molecular weight is 560 g/mol. The largest absolute Gasteiger partial charge is 0.393 e. The molecule has 3 atom stereocenters. The third kappa shape index (κ3) is 5.71. The van der Waals surface area contributed by atoms with E-state index in [-0.39, 0.29) is 30.7 Å². The first-order chi connectivity index (χ1) is 19.0. The normalized spacial score (nSPS) is 26.4. The van der Waals surface area contributed by atoms with Crippen LogP contribution in [0.1, 0.15) is 80.8 Å². The summed E-state index contributed by atoms with van der Waals surface area (Å²) in [5.41, 5.74) is 0.985. The molecular weight excluding hydrogens is 523 g/mol. The summed E-state index contributed by atoms with van der Waals surface area (Å²) in [5.74, 6) is -1.38. The highest BCUT2D eigenvalue weighted by molar-refractivity contribution is 5.92. The summed E-state index contributed by atoms with van der Waals surface area (Å²) < 4.78 is 43.5. The molecule has 0 spiro atoms. The molecule has 0 aromatic carbocycles. The van der Waals surface area contributed by atoms with E-state index < -0.39 is 30.0 Å². The fraction of sp³-hybridized carbons (Fsp3) is 0.607. The number of rotatable bonds is 7. The summed E-state index contributed by atoms with van der Waals surface area (Å²) in [7, 11) is 0. The van der Waals surface area contributed by atoms with E-state index in [1.54, 1.807) is 46.7 Å². The van der Waals surface area contributed by atoms with Crippen LogP contribution in [0.25, 0.3) is 5.65 Å². The Balaban J connectivity index is 1.41. The van der Waals surface area contributed by atoms with E-state index in [9.17, 15) is 22.8 Å². The summed E-state index contributed by atoms with van der Waals surface area (Å²) in [6.07, 6.45) is 2.83. The minimum Gasteiger partial charge on any atom is -0.355 e. The van der Waals surface area contributed by atoms with Gasteiger partial charge >= 0.3 is 6.18 Å². The molecule has 1 saturated heterocycles. The highest BCUT2D eigenvalue weighted by Crippen LogP contribution is 2.41. The number of piperidine rings is 1. The molecule has 216 valence electrons. The zero-order chi connectivity index (χ0) is 28.7. The molecule has 1 saturated carbocycles. The molecule has 2 amide bonds. The Labute approximate surface area is 230 Å². The summed E-state index contributed by atoms with van der Waals surface area (Å²) in [6, 6.07) is 4.82. The average Bonchev–Trinajstić information content (AvgIpc) is 3.55. The highest BCUT2D eigenvalue weighted by Gasteiger charge is 2.49. The predicted molar refractivity (Wildman–Crippen MR) is 141 cm³/mol. The van der Waals surface area contributed by atoms with Crippen molar-refractivity contribution < 1.29 is 22.8 Å². The van der Waals surface area contributed by atoms with Gasteiger partial charge in [0.2, 0.25) is 5.91 Å². The molecule has 2 fully saturated rings. The first-order valence-electron chi connectivity index (χ1n) is 14.0. The molecule has 5 rings (SSSR count). The lowest BCUT2D eigenvalue weighted by molar-refractivity contribution is -0.189. The maximum Gasteiger partial charge on any atom is 0.393 e. The van der Waals surface area contributed by atoms with Gasteiger partial charge in [0.25, 0.3) is 5.91 Å². The molecule has 12 heteroatoms. The molecule has 1 unspecified atom stereocenters. The monoisotopic (exact) mass is 559 g/mol. The van der Waals surface area contributed by atoms with Crippen LogP contribution < -0.4 is 10.6 Å². The molecule has 9 nitrogen and oxygen atoms in total. The Morgan fingerprint density at radius 3 is 2.67 bits per heavy atom. The molecule has 2 aliphatic rings. The molecule has 3 aromatic rings. The minimum absolute atomic E-state index is 0.0660. The maximum atomic E-state index is 13.4. The summed E-state index contributed by atoms with van der Waals surface area (Å²) in [5, 5.41) is 14.5. The van der Waals surface area contributed by atoms with Gasteiger partial charge in [-0.1, -0.05) is 26.7 Å². The minimum atomic E-state index is -4.38. The second-order valence-electron chi connectivity index (χ2n) is 11.7. The summed E-state index contributed by atoms with van der Waals surface area (Å²) in [6.45, 7) is 5.90. The number of nitrogens with one attached hydrogen (secondary N) is 2. The third-order valence-electron chi connectivity index (χ3n) is 8.57. The van der Waals surface area contributed by atoms with E-state index in [0.29, 0.717) is 35.2 Å². The van der Waals surface area contributed by atoms with Gasteiger partial charge in [-0.2, -0.15) is 23.4 Å². The molecule has 40 heavy (non-hydrogen) atoms. The van der Waals surface area contributed by atoms with Crippen LogP contribution >= 0.6 is 0 Å². The van der Waals surface area contributed by atoms with Gasteiger partial charge in [-0.15, -0.1) is 0 Å². The van der Waals surface area contributed by atoms with Gasteiger partial charge in [-0.25, -0.2) is 9.50 Å². The molecule has 0 bridgehead atoms. The van der Waals surface area contributed by atoms with Crippen LogP contribution in [0, 0.1) is 23.2 Å². The number of aryl methyl sites for hydroxylation is 1. The zero-order valence-corrected chi connectivity index (χ0v) is 23.0. The number of aromatic nitrogens is 5. The number of carbonyl (C=O) groups excluding carboxylic acids is 2. The molecule has 0 radical (unpaired) electrons. The van der Waals surface area contributed by atoms with Gasteiger partial charge in [0, 0.05) is 25.7 Å². The number of imidazole rings is 1. The second-order valence-corrected chi connectivity index (χ2v) is 11.7. The van der Waals surface area contributed by atoms with Gasteiger partial charge < -0.3 is 10.6 Å². The van der Waals surface area contributed by atoms with Crippen LogP contribution in [0.15, 0.2) is 30.6 Å². The number of alkyl halides is 3. The van der Waals surface area contributed by atoms with Crippen molar-refractivity contribution in [1.29, 1.82) is 0 Å². The quantitative estimate of drug-likeness (QED) is 0.444. The van der Waals surface area contributed by atoms with Crippen molar-refractivity contribution in [1.82, 2.24) is 35.0 Å². The standard InChI is InChI=1S/C28H36F3N7O2/c1-4-37-22(11-12-33-37)25(39)35-24(18-7-5-17(2)6-8-18)21-16-38-23(34-21)10-9-20(36-38)14-27(3)13-19(28(29,30)31)15-32-26(27)40/h9-12,16-19,24H,4-8,13-15H2,1-3H3,(H,32,40)(H,35,39)/t17?,18?,19-,24+,27?/m1/s1. The van der Waals surface area contributed by atoms with E-state index in [1.807, 2.05) is 6.92 Å². The van der Waals surface area contributed by atoms with Gasteiger partial charge in [-0.3, -0.25) is 14.3 Å². The molecule has 4 heterocycles. The molecular formula is C28H36F3N7O2. The fourth-order valence-corrected chi connectivity index (χ4v) is 6.15. The zero-order valence-electron chi connectivity index (χ0n) is 23.0. The van der Waals surface area contributed by atoms with E-state index in [0.717, 1.165) is 25.7 Å². The smallest absolute Gasteiger partial charge is 0.355 e. The van der Waals surface area contributed by atoms with Crippen LogP contribution in [0.4, 0.5) is 13.2 Å². The van der Waals surface area contributed by atoms with Gasteiger partial charge in [-0.05, 0) is 56.2 Å². The van der Waals surface area contributed by atoms with Gasteiger partial charge in [0.05, 0.1) is 35.0 Å². The first kappa shape index (κ1) is 28.1. The maximum absolute atomic E-state index is 13.4. The first-order valence-corrected chi connectivity index (χ1v) is 14.0. The molecule has 2 N–H and O–H groups in total. The third-order valence-corrected chi connectivity index (χ3v) is 8.57. The number of hydrogen-bond acceptors (Lipinski definition) is 5.